The van der Waals surface area contributed by atoms with Crippen molar-refractivity contribution in [1.29, 1.82) is 0 Å². The quantitative estimate of drug-likeness (QED) is 0.522. The molecule has 4 aromatic rings. The number of carbonyl (C=O) groups excluding carboxylic acids is 1. The Hall–Kier alpha value is -3.52. The van der Waals surface area contributed by atoms with Gasteiger partial charge in [-0.15, -0.1) is 11.3 Å². The molecule has 144 valence electrons. The summed E-state index contributed by atoms with van der Waals surface area (Å²) in [5.41, 5.74) is 1.08. The molecule has 7 nitrogen and oxygen atoms in total. The maximum absolute atomic E-state index is 13.1. The largest absolute Gasteiger partial charge is 0.463 e. The highest BCUT2D eigenvalue weighted by molar-refractivity contribution is 7.10. The molecule has 5 rings (SSSR count). The third-order valence-electron chi connectivity index (χ3n) is 4.88. The molecule has 1 aliphatic rings. The van der Waals surface area contributed by atoms with Gasteiger partial charge in [0.15, 0.2) is 0 Å². The number of hydrogen-bond acceptors (Lipinski definition) is 6. The summed E-state index contributed by atoms with van der Waals surface area (Å²) in [6, 6.07) is 14.4. The molecule has 4 heterocycles. The van der Waals surface area contributed by atoms with Gasteiger partial charge in [-0.1, -0.05) is 18.2 Å². The molecular formula is C21H16N4O3S. The molecule has 0 saturated carbocycles. The van der Waals surface area contributed by atoms with Crippen molar-refractivity contribution in [2.24, 2.45) is 5.10 Å². The first-order chi connectivity index (χ1) is 14.2. The Kier molecular flexibility index (Phi) is 4.33. The fraction of sp³-hybridized carbons (Fsp3) is 0.143. The van der Waals surface area contributed by atoms with E-state index >= 15 is 0 Å². The van der Waals surface area contributed by atoms with Crippen LogP contribution in [0.15, 0.2) is 80.8 Å². The average molecular weight is 404 g/mol. The number of furan rings is 1. The van der Waals surface area contributed by atoms with E-state index in [0.29, 0.717) is 28.8 Å². The van der Waals surface area contributed by atoms with Crippen LogP contribution >= 0.6 is 11.3 Å². The number of aromatic nitrogens is 2. The van der Waals surface area contributed by atoms with Crippen molar-refractivity contribution < 1.29 is 9.21 Å². The lowest BCUT2D eigenvalue weighted by Gasteiger charge is -2.21. The monoisotopic (exact) mass is 404 g/mol. The van der Waals surface area contributed by atoms with E-state index in [-0.39, 0.29) is 24.1 Å². The molecule has 0 radical (unpaired) electrons. The van der Waals surface area contributed by atoms with Gasteiger partial charge in [0, 0.05) is 11.3 Å². The molecule has 0 aliphatic carbocycles. The first kappa shape index (κ1) is 17.6. The van der Waals surface area contributed by atoms with Crippen LogP contribution in [0.25, 0.3) is 10.9 Å². The van der Waals surface area contributed by atoms with Gasteiger partial charge < -0.3 is 4.42 Å². The minimum atomic E-state index is -0.274. The van der Waals surface area contributed by atoms with Crippen molar-refractivity contribution >= 4 is 33.9 Å². The molecule has 29 heavy (non-hydrogen) atoms. The zero-order valence-electron chi connectivity index (χ0n) is 15.3. The van der Waals surface area contributed by atoms with Gasteiger partial charge in [0.2, 0.25) is 0 Å². The van der Waals surface area contributed by atoms with Crippen LogP contribution in [0.3, 0.4) is 0 Å². The number of fused-ring (bicyclic) bond motifs is 1. The van der Waals surface area contributed by atoms with Crippen molar-refractivity contribution in [3.8, 4) is 0 Å². The van der Waals surface area contributed by atoms with Crippen molar-refractivity contribution in [3.05, 3.63) is 87.5 Å². The highest BCUT2D eigenvalue weighted by Crippen LogP contribution is 2.35. The van der Waals surface area contributed by atoms with Gasteiger partial charge >= 0.3 is 0 Å². The molecule has 1 aromatic carbocycles. The number of benzene rings is 1. The summed E-state index contributed by atoms with van der Waals surface area (Å²) in [5.74, 6) is 0.371. The summed E-state index contributed by atoms with van der Waals surface area (Å²) in [7, 11) is 0. The van der Waals surface area contributed by atoms with Crippen LogP contribution < -0.4 is 5.56 Å². The number of nitrogens with zero attached hydrogens (tertiary/aromatic N) is 4. The van der Waals surface area contributed by atoms with E-state index in [1.165, 1.54) is 15.9 Å². The van der Waals surface area contributed by atoms with E-state index in [9.17, 15) is 9.59 Å². The number of hydrazone groups is 1. The molecule has 1 amide bonds. The molecule has 8 heteroatoms. The van der Waals surface area contributed by atoms with E-state index in [4.69, 9.17) is 4.42 Å². The summed E-state index contributed by atoms with van der Waals surface area (Å²) in [5, 5.41) is 8.46. The van der Waals surface area contributed by atoms with Crippen LogP contribution in [0.5, 0.6) is 0 Å². The number of rotatable bonds is 4. The Morgan fingerprint density at radius 2 is 2.07 bits per heavy atom. The second-order valence-electron chi connectivity index (χ2n) is 6.69. The second-order valence-corrected chi connectivity index (χ2v) is 7.67. The molecule has 0 spiro atoms. The predicted molar refractivity (Wildman–Crippen MR) is 110 cm³/mol. The number of para-hydroxylation sites is 1. The van der Waals surface area contributed by atoms with Gasteiger partial charge in [0.25, 0.3) is 11.5 Å². The van der Waals surface area contributed by atoms with Crippen molar-refractivity contribution in [3.63, 3.8) is 0 Å². The first-order valence-corrected chi connectivity index (χ1v) is 9.99. The summed E-state index contributed by atoms with van der Waals surface area (Å²) in [4.78, 5) is 31.2. The van der Waals surface area contributed by atoms with Gasteiger partial charge in [-0.2, -0.15) is 5.10 Å². The molecule has 1 unspecified atom stereocenters. The van der Waals surface area contributed by atoms with E-state index < -0.39 is 0 Å². The summed E-state index contributed by atoms with van der Waals surface area (Å²) in [6.07, 6.45) is 3.56. The Morgan fingerprint density at radius 1 is 1.17 bits per heavy atom. The maximum atomic E-state index is 13.1. The third-order valence-corrected chi connectivity index (χ3v) is 5.85. The molecule has 0 fully saturated rings. The zero-order valence-corrected chi connectivity index (χ0v) is 16.1. The van der Waals surface area contributed by atoms with Crippen LogP contribution in [0.2, 0.25) is 0 Å². The Balaban J connectivity index is 1.48. The van der Waals surface area contributed by atoms with E-state index in [1.807, 2.05) is 29.6 Å². The molecule has 1 atom stereocenters. The van der Waals surface area contributed by atoms with Gasteiger partial charge in [-0.25, -0.2) is 9.99 Å². The normalized spacial score (nSPS) is 16.3. The van der Waals surface area contributed by atoms with Crippen molar-refractivity contribution in [2.75, 3.05) is 0 Å². The molecule has 0 saturated heterocycles. The van der Waals surface area contributed by atoms with E-state index in [1.54, 1.807) is 41.9 Å². The lowest BCUT2D eigenvalue weighted by molar-refractivity contribution is -0.133. The second kappa shape index (κ2) is 7.14. The summed E-state index contributed by atoms with van der Waals surface area (Å²) >= 11 is 1.57. The average Bonchev–Trinajstić information content (AvgIpc) is 3.50. The van der Waals surface area contributed by atoms with E-state index in [2.05, 4.69) is 10.1 Å². The molecule has 3 aromatic heterocycles. The van der Waals surface area contributed by atoms with Crippen LogP contribution in [0.4, 0.5) is 0 Å². The minimum Gasteiger partial charge on any atom is -0.463 e. The standard InChI is InChI=1S/C21H16N4O3S/c26-20(12-24-13-22-15-6-2-1-5-14(15)21(24)27)25-17(19-8-4-10-29-19)11-16(23-25)18-7-3-9-28-18/h1-10,13,17H,11-12H2. The SMILES string of the molecule is O=C(Cn1cnc2ccccc2c1=O)N1N=C(c2ccco2)CC1c1cccs1. The van der Waals surface area contributed by atoms with Crippen LogP contribution in [-0.4, -0.2) is 26.2 Å². The predicted octanol–water partition coefficient (Wildman–Crippen LogP) is 3.43. The number of amides is 1. The maximum Gasteiger partial charge on any atom is 0.263 e. The smallest absolute Gasteiger partial charge is 0.263 e. The topological polar surface area (TPSA) is 80.7 Å². The van der Waals surface area contributed by atoms with Crippen LogP contribution in [0.1, 0.15) is 23.1 Å². The van der Waals surface area contributed by atoms with Gasteiger partial charge in [0.05, 0.1) is 29.5 Å². The van der Waals surface area contributed by atoms with Gasteiger partial charge in [-0.05, 0) is 35.7 Å². The van der Waals surface area contributed by atoms with Gasteiger partial charge in [0.1, 0.15) is 18.0 Å². The Labute approximate surface area is 169 Å². The van der Waals surface area contributed by atoms with E-state index in [0.717, 1.165) is 4.88 Å². The molecular weight excluding hydrogens is 388 g/mol. The zero-order chi connectivity index (χ0) is 19.8. The third kappa shape index (κ3) is 3.17. The number of thiophene rings is 1. The number of carbonyl (C=O) groups is 1. The highest BCUT2D eigenvalue weighted by Gasteiger charge is 2.34. The Morgan fingerprint density at radius 3 is 2.86 bits per heavy atom. The first-order valence-electron chi connectivity index (χ1n) is 9.12. The lowest BCUT2D eigenvalue weighted by atomic mass is 10.1. The van der Waals surface area contributed by atoms with Crippen LogP contribution in [0, 0.1) is 0 Å². The van der Waals surface area contributed by atoms with Gasteiger partial charge in [-0.3, -0.25) is 14.2 Å². The highest BCUT2D eigenvalue weighted by atomic mass is 32.1. The fourth-order valence-electron chi connectivity index (χ4n) is 3.47. The number of hydrogen-bond donors (Lipinski definition) is 0. The molecule has 0 bridgehead atoms. The van der Waals surface area contributed by atoms with Crippen molar-refractivity contribution in [2.45, 2.75) is 19.0 Å². The molecule has 0 N–H and O–H groups in total. The molecule has 1 aliphatic heterocycles. The summed E-state index contributed by atoms with van der Waals surface area (Å²) < 4.78 is 6.80. The summed E-state index contributed by atoms with van der Waals surface area (Å²) in [6.45, 7) is -0.131. The Bertz CT molecular complexity index is 1260. The van der Waals surface area contributed by atoms with Crippen LogP contribution in [-0.2, 0) is 11.3 Å². The van der Waals surface area contributed by atoms with Crippen molar-refractivity contribution in [1.82, 2.24) is 14.6 Å². The minimum absolute atomic E-state index is 0.131. The lowest BCUT2D eigenvalue weighted by Crippen LogP contribution is -2.33. The fourth-order valence-corrected chi connectivity index (χ4v) is 4.28.